The summed E-state index contributed by atoms with van der Waals surface area (Å²) >= 11 is 0. The molecule has 7 heteroatoms. The topological polar surface area (TPSA) is 85.9 Å². The van der Waals surface area contributed by atoms with E-state index in [1.807, 2.05) is 30.3 Å². The first-order chi connectivity index (χ1) is 10.2. The Morgan fingerprint density at radius 1 is 1.29 bits per heavy atom. The maximum atomic E-state index is 10.9. The van der Waals surface area contributed by atoms with E-state index in [4.69, 9.17) is 0 Å². The number of anilines is 1. The van der Waals surface area contributed by atoms with Gasteiger partial charge in [-0.1, -0.05) is 24.3 Å². The number of rotatable bonds is 4. The van der Waals surface area contributed by atoms with Crippen LogP contribution in [0, 0.1) is 10.1 Å². The minimum atomic E-state index is -0.496. The second kappa shape index (κ2) is 5.20. The lowest BCUT2D eigenvalue weighted by molar-refractivity contribution is -0.388. The molecule has 0 radical (unpaired) electrons. The molecule has 1 N–H and O–H groups in total. The van der Waals surface area contributed by atoms with Crippen LogP contribution in [0.25, 0.3) is 10.9 Å². The van der Waals surface area contributed by atoms with Gasteiger partial charge in [0.1, 0.15) is 0 Å². The molecule has 106 valence electrons. The SMILES string of the molecule is Cn1cnc([N+](=O)[O-])c1NCc1cccc2cccnc12. The second-order valence-electron chi connectivity index (χ2n) is 4.63. The van der Waals surface area contributed by atoms with Crippen molar-refractivity contribution < 1.29 is 4.92 Å². The van der Waals surface area contributed by atoms with Gasteiger partial charge in [0.15, 0.2) is 0 Å². The summed E-state index contributed by atoms with van der Waals surface area (Å²) in [5, 5.41) is 15.0. The summed E-state index contributed by atoms with van der Waals surface area (Å²) in [5.41, 5.74) is 1.86. The number of nitrogens with zero attached hydrogens (tertiary/aromatic N) is 4. The average Bonchev–Trinajstić information content (AvgIpc) is 2.86. The van der Waals surface area contributed by atoms with Gasteiger partial charge in [0.2, 0.25) is 12.1 Å². The molecule has 0 aliphatic carbocycles. The smallest absolute Gasteiger partial charge is 0.360 e. The highest BCUT2D eigenvalue weighted by molar-refractivity contribution is 5.81. The molecule has 3 rings (SSSR count). The summed E-state index contributed by atoms with van der Waals surface area (Å²) < 4.78 is 1.59. The van der Waals surface area contributed by atoms with Gasteiger partial charge in [-0.2, -0.15) is 0 Å². The van der Waals surface area contributed by atoms with E-state index in [0.717, 1.165) is 16.5 Å². The van der Waals surface area contributed by atoms with E-state index < -0.39 is 4.92 Å². The van der Waals surface area contributed by atoms with Crippen LogP contribution in [0.5, 0.6) is 0 Å². The van der Waals surface area contributed by atoms with Crippen LogP contribution in [-0.4, -0.2) is 19.5 Å². The summed E-state index contributed by atoms with van der Waals surface area (Å²) in [6.07, 6.45) is 3.15. The summed E-state index contributed by atoms with van der Waals surface area (Å²) in [6, 6.07) is 9.74. The van der Waals surface area contributed by atoms with Crippen LogP contribution in [0.15, 0.2) is 42.9 Å². The maximum absolute atomic E-state index is 10.9. The van der Waals surface area contributed by atoms with E-state index in [-0.39, 0.29) is 5.82 Å². The number of nitrogens with one attached hydrogen (secondary N) is 1. The number of nitro groups is 1. The number of aryl methyl sites for hydroxylation is 1. The van der Waals surface area contributed by atoms with Crippen molar-refractivity contribution in [3.8, 4) is 0 Å². The lowest BCUT2D eigenvalue weighted by Gasteiger charge is -2.08. The van der Waals surface area contributed by atoms with Gasteiger partial charge in [-0.25, -0.2) is 0 Å². The van der Waals surface area contributed by atoms with Gasteiger partial charge in [0.05, 0.1) is 5.52 Å². The quantitative estimate of drug-likeness (QED) is 0.587. The van der Waals surface area contributed by atoms with Crippen molar-refractivity contribution in [2.24, 2.45) is 7.05 Å². The fraction of sp³-hybridized carbons (Fsp3) is 0.143. The van der Waals surface area contributed by atoms with Crippen molar-refractivity contribution in [3.05, 3.63) is 58.5 Å². The highest BCUT2D eigenvalue weighted by Gasteiger charge is 2.19. The first-order valence-corrected chi connectivity index (χ1v) is 6.39. The van der Waals surface area contributed by atoms with Crippen LogP contribution < -0.4 is 5.32 Å². The van der Waals surface area contributed by atoms with Crippen molar-refractivity contribution in [1.29, 1.82) is 0 Å². The Kier molecular flexibility index (Phi) is 3.23. The molecule has 0 spiro atoms. The van der Waals surface area contributed by atoms with Gasteiger partial charge < -0.3 is 15.4 Å². The zero-order chi connectivity index (χ0) is 14.8. The third-order valence-electron chi connectivity index (χ3n) is 3.25. The molecule has 3 aromatic rings. The van der Waals surface area contributed by atoms with Gasteiger partial charge >= 0.3 is 5.82 Å². The highest BCUT2D eigenvalue weighted by atomic mass is 16.6. The first-order valence-electron chi connectivity index (χ1n) is 6.39. The minimum Gasteiger partial charge on any atom is -0.360 e. The number of pyridine rings is 1. The molecule has 1 aromatic carbocycles. The van der Waals surface area contributed by atoms with Crippen molar-refractivity contribution in [3.63, 3.8) is 0 Å². The van der Waals surface area contributed by atoms with E-state index >= 15 is 0 Å². The zero-order valence-corrected chi connectivity index (χ0v) is 11.4. The van der Waals surface area contributed by atoms with Crippen LogP contribution in [-0.2, 0) is 13.6 Å². The monoisotopic (exact) mass is 283 g/mol. The van der Waals surface area contributed by atoms with Crippen LogP contribution in [0.2, 0.25) is 0 Å². The molecule has 0 aliphatic rings. The number of benzene rings is 1. The van der Waals surface area contributed by atoms with Gasteiger partial charge in [0.25, 0.3) is 0 Å². The Hall–Kier alpha value is -2.96. The third-order valence-corrected chi connectivity index (χ3v) is 3.25. The average molecular weight is 283 g/mol. The molecule has 0 fully saturated rings. The normalized spacial score (nSPS) is 10.7. The predicted molar refractivity (Wildman–Crippen MR) is 78.9 cm³/mol. The number of hydrogen-bond acceptors (Lipinski definition) is 5. The molecule has 7 nitrogen and oxygen atoms in total. The second-order valence-corrected chi connectivity index (χ2v) is 4.63. The van der Waals surface area contributed by atoms with Gasteiger partial charge in [-0.15, -0.1) is 0 Å². The molecule has 0 saturated heterocycles. The molecule has 0 saturated carbocycles. The van der Waals surface area contributed by atoms with Gasteiger partial charge in [0, 0.05) is 25.2 Å². The van der Waals surface area contributed by atoms with E-state index in [2.05, 4.69) is 15.3 Å². The maximum Gasteiger partial charge on any atom is 0.406 e. The Morgan fingerprint density at radius 2 is 2.10 bits per heavy atom. The molecular weight excluding hydrogens is 270 g/mol. The third kappa shape index (κ3) is 2.40. The molecule has 2 aromatic heterocycles. The molecule has 0 atom stereocenters. The summed E-state index contributed by atoms with van der Waals surface area (Å²) in [7, 11) is 1.71. The lowest BCUT2D eigenvalue weighted by Crippen LogP contribution is -2.06. The predicted octanol–water partition coefficient (Wildman–Crippen LogP) is 2.49. The van der Waals surface area contributed by atoms with Crippen LogP contribution >= 0.6 is 0 Å². The summed E-state index contributed by atoms with van der Waals surface area (Å²) in [5.74, 6) is 0.207. The Morgan fingerprint density at radius 3 is 2.90 bits per heavy atom. The van der Waals surface area contributed by atoms with E-state index in [0.29, 0.717) is 12.4 Å². The molecule has 0 aliphatic heterocycles. The molecule has 21 heavy (non-hydrogen) atoms. The van der Waals surface area contributed by atoms with Crippen LogP contribution in [0.1, 0.15) is 5.56 Å². The fourth-order valence-corrected chi connectivity index (χ4v) is 2.24. The summed E-state index contributed by atoms with van der Waals surface area (Å²) in [6.45, 7) is 0.439. The molecule has 0 amide bonds. The Labute approximate surface area is 120 Å². The van der Waals surface area contributed by atoms with Crippen LogP contribution in [0.3, 0.4) is 0 Å². The lowest BCUT2D eigenvalue weighted by atomic mass is 10.1. The Balaban J connectivity index is 1.91. The fourth-order valence-electron chi connectivity index (χ4n) is 2.24. The van der Waals surface area contributed by atoms with Gasteiger partial charge in [-0.05, 0) is 21.5 Å². The van der Waals surface area contributed by atoms with Crippen molar-refractivity contribution in [2.45, 2.75) is 6.54 Å². The Bertz CT molecular complexity index is 807. The van der Waals surface area contributed by atoms with E-state index in [1.165, 1.54) is 6.33 Å². The van der Waals surface area contributed by atoms with Crippen molar-refractivity contribution in [2.75, 3.05) is 5.32 Å². The number of imidazole rings is 1. The molecule has 0 unspecified atom stereocenters. The van der Waals surface area contributed by atoms with Crippen molar-refractivity contribution in [1.82, 2.24) is 14.5 Å². The number of aromatic nitrogens is 3. The minimum absolute atomic E-state index is 0.175. The highest BCUT2D eigenvalue weighted by Crippen LogP contribution is 2.23. The first kappa shape index (κ1) is 13.0. The number of para-hydroxylation sites is 1. The number of fused-ring (bicyclic) bond motifs is 1. The largest absolute Gasteiger partial charge is 0.406 e. The summed E-state index contributed by atoms with van der Waals surface area (Å²) in [4.78, 5) is 18.6. The molecular formula is C14H13N5O2. The van der Waals surface area contributed by atoms with E-state index in [9.17, 15) is 10.1 Å². The van der Waals surface area contributed by atoms with Crippen LogP contribution in [0.4, 0.5) is 11.6 Å². The zero-order valence-electron chi connectivity index (χ0n) is 11.4. The van der Waals surface area contributed by atoms with E-state index in [1.54, 1.807) is 17.8 Å². The van der Waals surface area contributed by atoms with Gasteiger partial charge in [-0.3, -0.25) is 9.55 Å². The number of hydrogen-bond donors (Lipinski definition) is 1. The van der Waals surface area contributed by atoms with Crippen molar-refractivity contribution >= 4 is 22.5 Å². The molecule has 0 bridgehead atoms. The molecule has 2 heterocycles. The standard InChI is InChI=1S/C14H13N5O2/c1-18-9-17-14(19(20)21)13(18)16-8-11-5-2-4-10-6-3-7-15-12(10)11/h2-7,9,16H,8H2,1H3.